The van der Waals surface area contributed by atoms with Gasteiger partial charge in [-0.2, -0.15) is 0 Å². The van der Waals surface area contributed by atoms with Gasteiger partial charge in [0.25, 0.3) is 0 Å². The van der Waals surface area contributed by atoms with Gasteiger partial charge < -0.3 is 19.7 Å². The molecule has 0 fully saturated rings. The lowest BCUT2D eigenvalue weighted by molar-refractivity contribution is -0.131. The minimum absolute atomic E-state index is 0.0532. The van der Waals surface area contributed by atoms with Gasteiger partial charge in [-0.05, 0) is 73.9 Å². The van der Waals surface area contributed by atoms with Crippen LogP contribution in [0.4, 0.5) is 10.5 Å². The molecule has 3 aromatic rings. The van der Waals surface area contributed by atoms with Crippen LogP contribution in [0.5, 0.6) is 11.5 Å². The van der Waals surface area contributed by atoms with Gasteiger partial charge in [0.15, 0.2) is 11.9 Å². The van der Waals surface area contributed by atoms with Crippen LogP contribution in [-0.4, -0.2) is 34.2 Å². The van der Waals surface area contributed by atoms with Crippen LogP contribution in [-0.2, 0) is 9.53 Å². The molecule has 0 unspecified atom stereocenters. The summed E-state index contributed by atoms with van der Waals surface area (Å²) in [6, 6.07) is 21.6. The predicted octanol–water partition coefficient (Wildman–Crippen LogP) is 5.75. The number of phenolic OH excluding ortho intramolecular Hbond substituents is 1. The van der Waals surface area contributed by atoms with Gasteiger partial charge in [-0.15, -0.1) is 0 Å². The number of nitrogens with one attached hydrogen (secondary N) is 1. The Morgan fingerprint density at radius 2 is 1.61 bits per heavy atom. The van der Waals surface area contributed by atoms with Gasteiger partial charge in [-0.3, -0.25) is 10.1 Å². The van der Waals surface area contributed by atoms with E-state index in [4.69, 9.17) is 14.6 Å². The SMILES string of the molecule is CC(=O)c1ccc(NC(=O)O[C@@H](c2ccc(O)cc2)[C@H](CC/C=C/C(=O)O)Oc2ccccc2)cc1. The molecule has 3 rings (SSSR count). The minimum Gasteiger partial charge on any atom is -0.508 e. The number of aliphatic carboxylic acids is 1. The number of benzene rings is 3. The van der Waals surface area contributed by atoms with Crippen molar-refractivity contribution < 1.29 is 34.1 Å². The van der Waals surface area contributed by atoms with Gasteiger partial charge >= 0.3 is 12.1 Å². The monoisotopic (exact) mass is 489 g/mol. The molecule has 0 bridgehead atoms. The Balaban J connectivity index is 1.85. The second-order valence-corrected chi connectivity index (χ2v) is 7.96. The first-order chi connectivity index (χ1) is 17.3. The zero-order chi connectivity index (χ0) is 25.9. The highest BCUT2D eigenvalue weighted by Crippen LogP contribution is 2.30. The third-order valence-corrected chi connectivity index (χ3v) is 5.24. The van der Waals surface area contributed by atoms with Gasteiger partial charge in [-0.25, -0.2) is 9.59 Å². The summed E-state index contributed by atoms with van der Waals surface area (Å²) in [5.41, 5.74) is 1.54. The van der Waals surface area contributed by atoms with Crippen molar-refractivity contribution in [2.75, 3.05) is 5.32 Å². The van der Waals surface area contributed by atoms with E-state index in [1.54, 1.807) is 48.5 Å². The van der Waals surface area contributed by atoms with Crippen LogP contribution in [0, 0.1) is 0 Å². The third kappa shape index (κ3) is 8.02. The van der Waals surface area contributed by atoms with E-state index < -0.39 is 24.3 Å². The number of ketones is 1. The lowest BCUT2D eigenvalue weighted by atomic mass is 10.00. The van der Waals surface area contributed by atoms with Crippen LogP contribution in [0.2, 0.25) is 0 Å². The summed E-state index contributed by atoms with van der Waals surface area (Å²) < 4.78 is 12.0. The lowest BCUT2D eigenvalue weighted by Crippen LogP contribution is -2.31. The van der Waals surface area contributed by atoms with E-state index in [1.807, 2.05) is 18.2 Å². The number of hydrogen-bond donors (Lipinski definition) is 3. The van der Waals surface area contributed by atoms with E-state index in [2.05, 4.69) is 5.32 Å². The molecule has 0 aliphatic heterocycles. The molecule has 36 heavy (non-hydrogen) atoms. The summed E-state index contributed by atoms with van der Waals surface area (Å²) >= 11 is 0. The van der Waals surface area contributed by atoms with E-state index in [1.165, 1.54) is 25.1 Å². The largest absolute Gasteiger partial charge is 0.508 e. The Kier molecular flexibility index (Phi) is 9.22. The number of phenols is 1. The summed E-state index contributed by atoms with van der Waals surface area (Å²) in [6.45, 7) is 1.46. The van der Waals surface area contributed by atoms with E-state index in [0.29, 0.717) is 35.4 Å². The summed E-state index contributed by atoms with van der Waals surface area (Å²) in [5.74, 6) is -0.541. The van der Waals surface area contributed by atoms with E-state index in [-0.39, 0.29) is 11.5 Å². The fraction of sp³-hybridized carbons (Fsp3) is 0.179. The summed E-state index contributed by atoms with van der Waals surface area (Å²) in [4.78, 5) is 35.2. The van der Waals surface area contributed by atoms with E-state index in [9.17, 15) is 19.5 Å². The number of anilines is 1. The number of carbonyl (C=O) groups excluding carboxylic acids is 2. The van der Waals surface area contributed by atoms with Gasteiger partial charge in [-0.1, -0.05) is 36.4 Å². The topological polar surface area (TPSA) is 122 Å². The van der Waals surface area contributed by atoms with Crippen molar-refractivity contribution in [3.63, 3.8) is 0 Å². The van der Waals surface area contributed by atoms with Crippen LogP contribution in [0.15, 0.2) is 91.0 Å². The first-order valence-corrected chi connectivity index (χ1v) is 11.3. The second-order valence-electron chi connectivity index (χ2n) is 7.96. The number of para-hydroxylation sites is 1. The maximum atomic E-state index is 12.9. The zero-order valence-corrected chi connectivity index (χ0v) is 19.7. The number of ether oxygens (including phenoxy) is 2. The number of allylic oxidation sites excluding steroid dienone is 1. The number of aromatic hydroxyl groups is 1. The van der Waals surface area contributed by atoms with E-state index >= 15 is 0 Å². The fourth-order valence-corrected chi connectivity index (χ4v) is 3.46. The molecule has 0 radical (unpaired) electrons. The first kappa shape index (κ1) is 26.0. The Hall–Kier alpha value is -4.59. The van der Waals surface area contributed by atoms with Crippen molar-refractivity contribution in [1.82, 2.24) is 0 Å². The molecule has 0 saturated carbocycles. The Morgan fingerprint density at radius 1 is 0.944 bits per heavy atom. The average Bonchev–Trinajstić information content (AvgIpc) is 2.86. The molecule has 0 aliphatic rings. The summed E-state index contributed by atoms with van der Waals surface area (Å²) in [5, 5.41) is 21.3. The first-order valence-electron chi connectivity index (χ1n) is 11.3. The number of carboxylic acids is 1. The van der Waals surface area contributed by atoms with Crippen LogP contribution < -0.4 is 10.1 Å². The minimum atomic E-state index is -1.06. The van der Waals surface area contributed by atoms with Crippen molar-refractivity contribution in [2.45, 2.75) is 32.0 Å². The highest BCUT2D eigenvalue weighted by molar-refractivity contribution is 5.95. The van der Waals surface area contributed by atoms with Crippen molar-refractivity contribution in [1.29, 1.82) is 0 Å². The normalized spacial score (nSPS) is 12.5. The van der Waals surface area contributed by atoms with Gasteiger partial charge in [0.1, 0.15) is 17.6 Å². The molecule has 8 heteroatoms. The molecule has 2 atom stereocenters. The third-order valence-electron chi connectivity index (χ3n) is 5.24. The van der Waals surface area contributed by atoms with Crippen LogP contribution in [0.3, 0.4) is 0 Å². The standard InChI is InChI=1S/C28H27NO7/c1-19(30)20-11-15-22(16-12-20)29-28(34)36-27(21-13-17-23(31)18-14-21)25(9-5-6-10-26(32)33)35-24-7-3-2-4-8-24/h2-4,6-8,10-18,25,27,31H,5,9H2,1H3,(H,29,34)(H,32,33)/b10-6+/t25-,27-/m0/s1. The molecule has 3 aromatic carbocycles. The number of rotatable bonds is 11. The molecule has 186 valence electrons. The van der Waals surface area contributed by atoms with Crippen molar-refractivity contribution >= 4 is 23.5 Å². The lowest BCUT2D eigenvalue weighted by Gasteiger charge is -2.28. The Morgan fingerprint density at radius 3 is 2.22 bits per heavy atom. The quantitative estimate of drug-likeness (QED) is 0.231. The Bertz CT molecular complexity index is 1190. The number of hydrogen-bond acceptors (Lipinski definition) is 6. The Labute approximate surface area is 208 Å². The highest BCUT2D eigenvalue weighted by atomic mass is 16.6. The summed E-state index contributed by atoms with van der Waals surface area (Å²) in [7, 11) is 0. The zero-order valence-electron chi connectivity index (χ0n) is 19.7. The number of carboxylic acid groups (broad SMARTS) is 1. The molecule has 1 amide bonds. The molecule has 0 aromatic heterocycles. The second kappa shape index (κ2) is 12.8. The van der Waals surface area contributed by atoms with E-state index in [0.717, 1.165) is 6.08 Å². The molecule has 0 saturated heterocycles. The summed E-state index contributed by atoms with van der Waals surface area (Å²) in [6.07, 6.45) is 0.940. The fourth-order valence-electron chi connectivity index (χ4n) is 3.46. The molecule has 3 N–H and O–H groups in total. The molecule has 8 nitrogen and oxygen atoms in total. The van der Waals surface area contributed by atoms with Crippen LogP contribution in [0.25, 0.3) is 0 Å². The van der Waals surface area contributed by atoms with Crippen LogP contribution in [0.1, 0.15) is 41.8 Å². The number of Topliss-reactive ketones (excluding diaryl/α,β-unsaturated/α-hetero) is 1. The molecule has 0 heterocycles. The number of amides is 1. The van der Waals surface area contributed by atoms with Crippen molar-refractivity contribution in [3.8, 4) is 11.5 Å². The van der Waals surface area contributed by atoms with Gasteiger partial charge in [0.2, 0.25) is 0 Å². The van der Waals surface area contributed by atoms with Crippen LogP contribution >= 0.6 is 0 Å². The molecule has 0 spiro atoms. The maximum absolute atomic E-state index is 12.9. The molecule has 0 aliphatic carbocycles. The van der Waals surface area contributed by atoms with Gasteiger partial charge in [0, 0.05) is 17.3 Å². The molecular formula is C28H27NO7. The highest BCUT2D eigenvalue weighted by Gasteiger charge is 2.29. The average molecular weight is 490 g/mol. The van der Waals surface area contributed by atoms with Crippen molar-refractivity contribution in [3.05, 3.63) is 102 Å². The number of carbonyl (C=O) groups is 3. The van der Waals surface area contributed by atoms with Crippen molar-refractivity contribution in [2.24, 2.45) is 0 Å². The smallest absolute Gasteiger partial charge is 0.412 e. The predicted molar refractivity (Wildman–Crippen MR) is 134 cm³/mol. The maximum Gasteiger partial charge on any atom is 0.412 e. The molecular weight excluding hydrogens is 462 g/mol. The van der Waals surface area contributed by atoms with Gasteiger partial charge in [0.05, 0.1) is 0 Å².